The highest BCUT2D eigenvalue weighted by atomic mass is 15.1. The molecular weight excluding hydrogens is 158 g/mol. The minimum atomic E-state index is 0.861. The van der Waals surface area contributed by atoms with Crippen molar-refractivity contribution in [3.63, 3.8) is 0 Å². The lowest BCUT2D eigenvalue weighted by Crippen LogP contribution is -2.33. The second-order valence-electron chi connectivity index (χ2n) is 4.92. The fourth-order valence-corrected chi connectivity index (χ4v) is 2.52. The van der Waals surface area contributed by atoms with Crippen LogP contribution in [0, 0.1) is 11.8 Å². The van der Waals surface area contributed by atoms with Crippen molar-refractivity contribution in [2.24, 2.45) is 11.8 Å². The number of nitrogens with zero attached hydrogens (tertiary/aromatic N) is 1. The number of hydrogen-bond acceptors (Lipinski definition) is 1. The molecule has 13 heavy (non-hydrogen) atoms. The van der Waals surface area contributed by atoms with Gasteiger partial charge in [0.05, 0.1) is 0 Å². The van der Waals surface area contributed by atoms with Crippen molar-refractivity contribution in [1.29, 1.82) is 0 Å². The molecule has 0 aliphatic heterocycles. The lowest BCUT2D eigenvalue weighted by atomic mass is 9.78. The predicted molar refractivity (Wildman–Crippen MR) is 58.9 cm³/mol. The summed E-state index contributed by atoms with van der Waals surface area (Å²) < 4.78 is 0. The number of hydrogen-bond donors (Lipinski definition) is 0. The molecule has 1 heteroatoms. The van der Waals surface area contributed by atoms with Crippen molar-refractivity contribution in [1.82, 2.24) is 4.90 Å². The van der Waals surface area contributed by atoms with E-state index in [0.29, 0.717) is 0 Å². The average Bonchev–Trinajstić information content (AvgIpc) is 2.17. The maximum absolute atomic E-state index is 2.42. The Morgan fingerprint density at radius 2 is 1.69 bits per heavy atom. The van der Waals surface area contributed by atoms with Crippen LogP contribution in [0.1, 0.15) is 46.0 Å². The van der Waals surface area contributed by atoms with Gasteiger partial charge in [-0.1, -0.05) is 20.3 Å². The van der Waals surface area contributed by atoms with E-state index in [2.05, 4.69) is 32.8 Å². The molecule has 0 amide bonds. The summed E-state index contributed by atoms with van der Waals surface area (Å²) >= 11 is 0. The molecule has 1 aliphatic carbocycles. The Balaban J connectivity index is 2.30. The molecule has 1 atom stereocenters. The lowest BCUT2D eigenvalue weighted by molar-refractivity contribution is 0.162. The van der Waals surface area contributed by atoms with Gasteiger partial charge in [-0.15, -0.1) is 0 Å². The fourth-order valence-electron chi connectivity index (χ4n) is 2.52. The van der Waals surface area contributed by atoms with E-state index in [4.69, 9.17) is 0 Å². The first kappa shape index (κ1) is 11.0. The Bertz CT molecular complexity index is 134. The van der Waals surface area contributed by atoms with Crippen molar-refractivity contribution in [3.8, 4) is 0 Å². The zero-order valence-electron chi connectivity index (χ0n) is 9.71. The largest absolute Gasteiger partial charge is 0.306 e. The Morgan fingerprint density at radius 1 is 1.15 bits per heavy atom. The van der Waals surface area contributed by atoms with Gasteiger partial charge in [0.2, 0.25) is 0 Å². The fraction of sp³-hybridized carbons (Fsp3) is 1.00. The second kappa shape index (κ2) is 4.99. The minimum Gasteiger partial charge on any atom is -0.306 e. The zero-order valence-corrected chi connectivity index (χ0v) is 9.71. The number of rotatable bonds is 3. The molecule has 0 radical (unpaired) electrons. The summed E-state index contributed by atoms with van der Waals surface area (Å²) in [6.07, 6.45) is 7.11. The van der Waals surface area contributed by atoms with Crippen LogP contribution in [0.4, 0.5) is 0 Å². The van der Waals surface area contributed by atoms with E-state index in [1.807, 2.05) is 0 Å². The third-order valence-corrected chi connectivity index (χ3v) is 3.92. The molecule has 0 aromatic heterocycles. The van der Waals surface area contributed by atoms with E-state index in [9.17, 15) is 0 Å². The maximum Gasteiger partial charge on any atom is 0.00893 e. The standard InChI is InChI=1S/C12H25N/c1-5-10(2)11-6-8-12(9-7-11)13(3)4/h10-12H,5-9H2,1-4H3/t10?,11-,12-. The van der Waals surface area contributed by atoms with E-state index in [-0.39, 0.29) is 0 Å². The van der Waals surface area contributed by atoms with Crippen LogP contribution in [0.3, 0.4) is 0 Å². The van der Waals surface area contributed by atoms with Gasteiger partial charge >= 0.3 is 0 Å². The molecule has 1 unspecified atom stereocenters. The predicted octanol–water partition coefficient (Wildman–Crippen LogP) is 3.15. The Morgan fingerprint density at radius 3 is 2.08 bits per heavy atom. The van der Waals surface area contributed by atoms with Crippen LogP contribution in [0.2, 0.25) is 0 Å². The molecule has 0 N–H and O–H groups in total. The van der Waals surface area contributed by atoms with Crippen molar-refractivity contribution in [3.05, 3.63) is 0 Å². The topological polar surface area (TPSA) is 3.24 Å². The molecule has 0 saturated heterocycles. The van der Waals surface area contributed by atoms with Crippen LogP contribution < -0.4 is 0 Å². The summed E-state index contributed by atoms with van der Waals surface area (Å²) in [5.74, 6) is 1.96. The highest BCUT2D eigenvalue weighted by Crippen LogP contribution is 2.32. The van der Waals surface area contributed by atoms with Gasteiger partial charge in [0.15, 0.2) is 0 Å². The van der Waals surface area contributed by atoms with E-state index in [1.54, 1.807) is 0 Å². The summed E-state index contributed by atoms with van der Waals surface area (Å²) in [5.41, 5.74) is 0. The second-order valence-corrected chi connectivity index (χ2v) is 4.92. The highest BCUT2D eigenvalue weighted by molar-refractivity contribution is 4.78. The van der Waals surface area contributed by atoms with Crippen LogP contribution in [0.25, 0.3) is 0 Å². The van der Waals surface area contributed by atoms with E-state index >= 15 is 0 Å². The van der Waals surface area contributed by atoms with Crippen molar-refractivity contribution in [2.75, 3.05) is 14.1 Å². The SMILES string of the molecule is CCC(C)[C@H]1CC[C@H](N(C)C)CC1. The first-order valence-electron chi connectivity index (χ1n) is 5.81. The molecule has 1 rings (SSSR count). The summed E-state index contributed by atoms with van der Waals surface area (Å²) in [6, 6.07) is 0.861. The van der Waals surface area contributed by atoms with Gasteiger partial charge in [0.25, 0.3) is 0 Å². The molecule has 0 bridgehead atoms. The van der Waals surface area contributed by atoms with Crippen LogP contribution in [0.15, 0.2) is 0 Å². The van der Waals surface area contributed by atoms with Gasteiger partial charge in [-0.2, -0.15) is 0 Å². The van der Waals surface area contributed by atoms with E-state index in [0.717, 1.165) is 17.9 Å². The van der Waals surface area contributed by atoms with Crippen LogP contribution in [-0.2, 0) is 0 Å². The van der Waals surface area contributed by atoms with Crippen LogP contribution >= 0.6 is 0 Å². The molecule has 1 saturated carbocycles. The van der Waals surface area contributed by atoms with E-state index in [1.165, 1.54) is 32.1 Å². The van der Waals surface area contributed by atoms with Crippen molar-refractivity contribution < 1.29 is 0 Å². The smallest absolute Gasteiger partial charge is 0.00893 e. The third-order valence-electron chi connectivity index (χ3n) is 3.92. The summed E-state index contributed by atoms with van der Waals surface area (Å²) in [5, 5.41) is 0. The summed E-state index contributed by atoms with van der Waals surface area (Å²) in [6.45, 7) is 4.74. The first-order chi connectivity index (χ1) is 6.15. The molecule has 1 nitrogen and oxygen atoms in total. The monoisotopic (exact) mass is 183 g/mol. The molecule has 1 fully saturated rings. The molecule has 0 spiro atoms. The van der Waals surface area contributed by atoms with Gasteiger partial charge in [0, 0.05) is 6.04 Å². The van der Waals surface area contributed by atoms with Gasteiger partial charge in [-0.3, -0.25) is 0 Å². The van der Waals surface area contributed by atoms with Crippen molar-refractivity contribution >= 4 is 0 Å². The molecule has 0 heterocycles. The average molecular weight is 183 g/mol. The molecule has 0 aromatic carbocycles. The molecule has 78 valence electrons. The molecule has 1 aliphatic rings. The zero-order chi connectivity index (χ0) is 9.84. The minimum absolute atomic E-state index is 0.861. The Kier molecular flexibility index (Phi) is 4.24. The van der Waals surface area contributed by atoms with Crippen LogP contribution in [-0.4, -0.2) is 25.0 Å². The highest BCUT2D eigenvalue weighted by Gasteiger charge is 2.24. The van der Waals surface area contributed by atoms with Gasteiger partial charge in [0.1, 0.15) is 0 Å². The quantitative estimate of drug-likeness (QED) is 0.649. The third kappa shape index (κ3) is 2.98. The summed E-state index contributed by atoms with van der Waals surface area (Å²) in [7, 11) is 4.43. The van der Waals surface area contributed by atoms with Gasteiger partial charge in [-0.05, 0) is 51.6 Å². The van der Waals surface area contributed by atoms with Gasteiger partial charge < -0.3 is 4.90 Å². The normalized spacial score (nSPS) is 32.1. The Labute approximate surface area is 83.5 Å². The van der Waals surface area contributed by atoms with Crippen LogP contribution in [0.5, 0.6) is 0 Å². The van der Waals surface area contributed by atoms with Gasteiger partial charge in [-0.25, -0.2) is 0 Å². The summed E-state index contributed by atoms with van der Waals surface area (Å²) in [4.78, 5) is 2.40. The lowest BCUT2D eigenvalue weighted by Gasteiger charge is -2.35. The first-order valence-corrected chi connectivity index (χ1v) is 5.81. The van der Waals surface area contributed by atoms with E-state index < -0.39 is 0 Å². The maximum atomic E-state index is 2.42. The Hall–Kier alpha value is -0.0400. The molecular formula is C12H25N. The van der Waals surface area contributed by atoms with Crippen molar-refractivity contribution in [2.45, 2.75) is 52.0 Å². The molecule has 0 aromatic rings.